The number of hydrogen-bond acceptors (Lipinski definition) is 0. The van der Waals surface area contributed by atoms with Crippen molar-refractivity contribution < 1.29 is 33.6 Å². The minimum absolute atomic E-state index is 0. The molecule has 0 bridgehead atoms. The maximum Gasteiger partial charge on any atom is 0 e. The third kappa shape index (κ3) is 8.59. The van der Waals surface area contributed by atoms with Gasteiger partial charge in [-0.25, -0.2) is 0 Å². The molecule has 0 unspecified atom stereocenters. The zero-order valence-corrected chi connectivity index (χ0v) is 25.8. The third-order valence-electron chi connectivity index (χ3n) is 6.09. The Morgan fingerprint density at radius 1 is 0.200 bits per heavy atom. The van der Waals surface area contributed by atoms with Crippen molar-refractivity contribution in [1.82, 2.24) is 0 Å². The van der Waals surface area contributed by atoms with Crippen LogP contribution in [-0.2, 0) is 33.6 Å². The van der Waals surface area contributed by atoms with Gasteiger partial charge in [-0.1, -0.05) is 182 Å². The molecule has 0 N–H and O–H groups in total. The fourth-order valence-corrected chi connectivity index (χ4v) is 8.97. The molecular weight excluding hydrogens is 612 g/mol. The molecule has 0 nitrogen and oxygen atoms in total. The maximum atomic E-state index is 2.23. The smallest absolute Gasteiger partial charge is 0 e. The Labute approximate surface area is 261 Å². The Morgan fingerprint density at radius 3 is 0.450 bits per heavy atom. The van der Waals surface area contributed by atoms with Crippen molar-refractivity contribution in [3.8, 4) is 0 Å². The first-order valence-electron chi connectivity index (χ1n) is 12.8. The van der Waals surface area contributed by atoms with Crippen LogP contribution in [-0.4, -0.2) is 0 Å². The van der Waals surface area contributed by atoms with Crippen molar-refractivity contribution in [1.29, 1.82) is 0 Å². The molecule has 0 aliphatic carbocycles. The first-order chi connectivity index (χ1) is 18.9. The van der Waals surface area contributed by atoms with Crippen molar-refractivity contribution in [3.05, 3.63) is 182 Å². The molecule has 6 aromatic rings. The third-order valence-corrected chi connectivity index (χ3v) is 11.0. The van der Waals surface area contributed by atoms with E-state index in [-0.39, 0.29) is 33.6 Å². The van der Waals surface area contributed by atoms with Crippen molar-refractivity contribution >= 4 is 47.7 Å². The van der Waals surface area contributed by atoms with Crippen LogP contribution in [0.25, 0.3) is 0 Å². The van der Waals surface area contributed by atoms with E-state index in [1.807, 2.05) is 0 Å². The van der Waals surface area contributed by atoms with E-state index >= 15 is 0 Å². The summed E-state index contributed by atoms with van der Waals surface area (Å²) in [6.07, 6.45) is 0. The Morgan fingerprint density at radius 2 is 0.325 bits per heavy atom. The number of rotatable bonds is 6. The summed E-state index contributed by atoms with van der Waals surface area (Å²) in [6.45, 7) is 0. The van der Waals surface area contributed by atoms with E-state index in [2.05, 4.69) is 182 Å². The van der Waals surface area contributed by atoms with Gasteiger partial charge >= 0.3 is 0 Å². The molecule has 202 valence electrons. The van der Waals surface area contributed by atoms with Gasteiger partial charge in [0, 0.05) is 33.6 Å². The molecule has 0 saturated heterocycles. The summed E-state index contributed by atoms with van der Waals surface area (Å²) in [5, 5.41) is 8.39. The molecule has 0 aromatic heterocycles. The van der Waals surface area contributed by atoms with E-state index in [0.29, 0.717) is 0 Å². The van der Waals surface area contributed by atoms with E-state index in [4.69, 9.17) is 0 Å². The van der Waals surface area contributed by atoms with Crippen LogP contribution in [0.2, 0.25) is 0 Å². The van der Waals surface area contributed by atoms with E-state index in [0.717, 1.165) is 0 Å². The van der Waals surface area contributed by atoms with Crippen LogP contribution in [0.1, 0.15) is 0 Å². The van der Waals surface area contributed by atoms with Gasteiger partial charge in [0.1, 0.15) is 0 Å². The van der Waals surface area contributed by atoms with Gasteiger partial charge < -0.3 is 0 Å². The molecule has 6 aromatic carbocycles. The van der Waals surface area contributed by atoms with Gasteiger partial charge in [0.05, 0.1) is 0 Å². The molecule has 0 amide bonds. The normalized spacial score (nSPS) is 10.1. The van der Waals surface area contributed by atoms with Crippen LogP contribution in [0, 0.1) is 0 Å². The summed E-state index contributed by atoms with van der Waals surface area (Å²) in [5.41, 5.74) is 0. The summed E-state index contributed by atoms with van der Waals surface area (Å²) >= 11 is 0. The summed E-state index contributed by atoms with van der Waals surface area (Å²) in [7, 11) is -0.892. The predicted octanol–water partition coefficient (Wildman–Crippen LogP) is 6.88. The van der Waals surface area contributed by atoms with Crippen LogP contribution in [0.4, 0.5) is 0 Å². The van der Waals surface area contributed by atoms with Crippen LogP contribution in [0.3, 0.4) is 0 Å². The summed E-state index contributed by atoms with van der Waals surface area (Å²) in [6, 6.07) is 64.7. The zero-order valence-electron chi connectivity index (χ0n) is 21.9. The Kier molecular flexibility index (Phi) is 13.6. The van der Waals surface area contributed by atoms with Gasteiger partial charge in [-0.05, 0) is 47.7 Å². The van der Waals surface area contributed by atoms with Gasteiger partial charge in [0.25, 0.3) is 0 Å². The molecule has 0 heterocycles. The van der Waals surface area contributed by atoms with Crippen LogP contribution in [0.5, 0.6) is 0 Å². The average Bonchev–Trinajstić information content (AvgIpc) is 3.01. The van der Waals surface area contributed by atoms with E-state index in [1.54, 1.807) is 0 Å². The summed E-state index contributed by atoms with van der Waals surface area (Å²) < 4.78 is 0. The molecule has 4 heteroatoms. The maximum absolute atomic E-state index is 2.23. The fourth-order valence-electron chi connectivity index (χ4n) is 4.36. The Bertz CT molecular complexity index is 1180. The second-order valence-electron chi connectivity index (χ2n) is 8.68. The van der Waals surface area contributed by atoms with Crippen molar-refractivity contribution in [3.63, 3.8) is 0 Å². The van der Waals surface area contributed by atoms with Crippen molar-refractivity contribution in [2.24, 2.45) is 0 Å². The molecule has 0 spiro atoms. The van der Waals surface area contributed by atoms with Crippen LogP contribution < -0.4 is 31.8 Å². The topological polar surface area (TPSA) is 0 Å². The summed E-state index contributed by atoms with van der Waals surface area (Å²) in [5.74, 6) is 0. The van der Waals surface area contributed by atoms with Gasteiger partial charge in [0.2, 0.25) is 0 Å². The molecule has 0 aliphatic rings. The predicted molar refractivity (Wildman–Crippen MR) is 170 cm³/mol. The minimum atomic E-state index is -0.446. The fraction of sp³-hybridized carbons (Fsp3) is 0. The standard InChI is InChI=1S/2C18H15P.2Co/c2*1-4-10-16(11-5-1)19(17-12-6-2-7-13-17)18-14-8-3-9-15-18;;/h2*1-15H;;. The molecule has 0 atom stereocenters. The Balaban J connectivity index is 0.000000210. The minimum Gasteiger partial charge on any atom is -0.0622 e. The van der Waals surface area contributed by atoms with Crippen LogP contribution >= 0.6 is 15.8 Å². The SMILES string of the molecule is [Co].[Co].c1ccc(P(c2ccccc2)c2ccccc2)cc1.c1ccc(P(c2ccccc2)c2ccccc2)cc1. The number of hydrogen-bond donors (Lipinski definition) is 0. The summed E-state index contributed by atoms with van der Waals surface area (Å²) in [4.78, 5) is 0. The molecule has 6 rings (SSSR count). The number of benzene rings is 6. The van der Waals surface area contributed by atoms with E-state index < -0.39 is 15.8 Å². The van der Waals surface area contributed by atoms with Gasteiger partial charge in [-0.2, -0.15) is 0 Å². The second kappa shape index (κ2) is 17.1. The van der Waals surface area contributed by atoms with Crippen molar-refractivity contribution in [2.75, 3.05) is 0 Å². The largest absolute Gasteiger partial charge is 0.0622 e. The van der Waals surface area contributed by atoms with Gasteiger partial charge in [-0.3, -0.25) is 0 Å². The van der Waals surface area contributed by atoms with Crippen molar-refractivity contribution in [2.45, 2.75) is 0 Å². The zero-order chi connectivity index (χ0) is 25.8. The van der Waals surface area contributed by atoms with E-state index in [9.17, 15) is 0 Å². The molecule has 40 heavy (non-hydrogen) atoms. The Hall–Kier alpha value is -2.81. The van der Waals surface area contributed by atoms with Gasteiger partial charge in [-0.15, -0.1) is 0 Å². The van der Waals surface area contributed by atoms with E-state index in [1.165, 1.54) is 31.8 Å². The molecule has 2 radical (unpaired) electrons. The van der Waals surface area contributed by atoms with Crippen LogP contribution in [0.15, 0.2) is 182 Å². The molecule has 0 fully saturated rings. The average molecular weight is 642 g/mol. The molecule has 0 aliphatic heterocycles. The molecule has 0 saturated carbocycles. The second-order valence-corrected chi connectivity index (χ2v) is 13.1. The quantitative estimate of drug-likeness (QED) is 0.174. The monoisotopic (exact) mass is 642 g/mol. The molecular formula is C36H30Co2P2. The first kappa shape index (κ1) is 31.7. The first-order valence-corrected chi connectivity index (χ1v) is 15.5. The van der Waals surface area contributed by atoms with Gasteiger partial charge in [0.15, 0.2) is 0 Å².